The van der Waals surface area contributed by atoms with Crippen LogP contribution in [-0.2, 0) is 22.2 Å². The first-order valence-corrected chi connectivity index (χ1v) is 5.89. The van der Waals surface area contributed by atoms with Gasteiger partial charge in [-0.2, -0.15) is 0 Å². The molecule has 0 aromatic rings. The van der Waals surface area contributed by atoms with E-state index in [4.69, 9.17) is 0 Å². The lowest BCUT2D eigenvalue weighted by Crippen LogP contribution is -2.16. The molecule has 0 rings (SSSR count). The van der Waals surface area contributed by atoms with Gasteiger partial charge in [0.05, 0.1) is 0 Å². The van der Waals surface area contributed by atoms with E-state index < -0.39 is 32.7 Å². The van der Waals surface area contributed by atoms with Crippen LogP contribution in [0.15, 0.2) is 0 Å². The van der Waals surface area contributed by atoms with Crippen molar-refractivity contribution in [1.29, 1.82) is 0 Å². The van der Waals surface area contributed by atoms with Crippen molar-refractivity contribution in [1.82, 2.24) is 0 Å². The van der Waals surface area contributed by atoms with Crippen molar-refractivity contribution in [2.45, 2.75) is 37.2 Å². The maximum atomic E-state index is 10.3. The Balaban J connectivity index is 3.68. The SMILES string of the molecule is CC(CCC(C)S(=O)[O-])S(=O)[O-]. The van der Waals surface area contributed by atoms with Gasteiger partial charge < -0.3 is 9.11 Å². The Morgan fingerprint density at radius 1 is 1.00 bits per heavy atom. The average molecular weight is 212 g/mol. The van der Waals surface area contributed by atoms with Crippen molar-refractivity contribution in [2.24, 2.45) is 0 Å². The van der Waals surface area contributed by atoms with Crippen molar-refractivity contribution in [3.8, 4) is 0 Å². The highest BCUT2D eigenvalue weighted by Gasteiger charge is 2.06. The summed E-state index contributed by atoms with van der Waals surface area (Å²) in [4.78, 5) is 0. The molecule has 0 radical (unpaired) electrons. The second-order valence-electron chi connectivity index (χ2n) is 2.72. The average Bonchev–Trinajstić information content (AvgIpc) is 1.98. The summed E-state index contributed by atoms with van der Waals surface area (Å²) in [5.41, 5.74) is 0. The third-order valence-electron chi connectivity index (χ3n) is 1.64. The van der Waals surface area contributed by atoms with E-state index in [1.165, 1.54) is 0 Å². The molecule has 4 atom stereocenters. The lowest BCUT2D eigenvalue weighted by atomic mass is 10.2. The van der Waals surface area contributed by atoms with Gasteiger partial charge in [-0.15, -0.1) is 0 Å². The zero-order chi connectivity index (χ0) is 9.72. The summed E-state index contributed by atoms with van der Waals surface area (Å²) >= 11 is -4.18. The summed E-state index contributed by atoms with van der Waals surface area (Å²) in [5, 5.41) is -0.924. The van der Waals surface area contributed by atoms with Gasteiger partial charge in [0, 0.05) is 10.5 Å². The maximum absolute atomic E-state index is 10.3. The fraction of sp³-hybridized carbons (Fsp3) is 1.00. The van der Waals surface area contributed by atoms with E-state index in [0.29, 0.717) is 12.8 Å². The van der Waals surface area contributed by atoms with Crippen LogP contribution in [0.5, 0.6) is 0 Å². The molecule has 0 amide bonds. The van der Waals surface area contributed by atoms with Crippen molar-refractivity contribution in [3.05, 3.63) is 0 Å². The lowest BCUT2D eigenvalue weighted by molar-refractivity contribution is 0.504. The standard InChI is InChI=1S/C6H14O4S2/c1-5(11(7)8)3-4-6(2)12(9)10/h5-6H,3-4H2,1-2H3,(H,7,8)(H,9,10)/p-2. The molecule has 4 unspecified atom stereocenters. The Labute approximate surface area is 77.3 Å². The van der Waals surface area contributed by atoms with Gasteiger partial charge in [0.2, 0.25) is 0 Å². The van der Waals surface area contributed by atoms with Crippen LogP contribution in [0.3, 0.4) is 0 Å². The molecule has 0 spiro atoms. The molecule has 0 aliphatic heterocycles. The highest BCUT2D eigenvalue weighted by Crippen LogP contribution is 2.08. The van der Waals surface area contributed by atoms with Crippen LogP contribution in [0.25, 0.3) is 0 Å². The first kappa shape index (κ1) is 12.2. The zero-order valence-electron chi connectivity index (χ0n) is 7.02. The Hall–Kier alpha value is 0.220. The predicted molar refractivity (Wildman–Crippen MR) is 46.0 cm³/mol. The summed E-state index contributed by atoms with van der Waals surface area (Å²) in [6.45, 7) is 3.12. The zero-order valence-corrected chi connectivity index (χ0v) is 8.65. The summed E-state index contributed by atoms with van der Waals surface area (Å²) in [6, 6.07) is 0. The third kappa shape index (κ3) is 4.97. The van der Waals surface area contributed by atoms with Crippen LogP contribution in [0.4, 0.5) is 0 Å². The fourth-order valence-electron chi connectivity index (χ4n) is 0.662. The number of hydrogen-bond acceptors (Lipinski definition) is 4. The van der Waals surface area contributed by atoms with Gasteiger partial charge in [0.15, 0.2) is 0 Å². The van der Waals surface area contributed by atoms with Crippen LogP contribution in [0, 0.1) is 0 Å². The second-order valence-corrected chi connectivity index (χ2v) is 5.37. The van der Waals surface area contributed by atoms with Crippen LogP contribution < -0.4 is 0 Å². The molecule has 0 aromatic carbocycles. The quantitative estimate of drug-likeness (QED) is 0.614. The van der Waals surface area contributed by atoms with Gasteiger partial charge in [-0.1, -0.05) is 36.0 Å². The van der Waals surface area contributed by atoms with Crippen LogP contribution in [0.1, 0.15) is 26.7 Å². The molecule has 6 heteroatoms. The largest absolute Gasteiger partial charge is 0.772 e. The number of rotatable bonds is 5. The predicted octanol–water partition coefficient (Wildman–Crippen LogP) is 0.302. The summed E-state index contributed by atoms with van der Waals surface area (Å²) in [5.74, 6) is 0. The molecule has 0 aliphatic carbocycles. The minimum Gasteiger partial charge on any atom is -0.772 e. The summed E-state index contributed by atoms with van der Waals surface area (Å²) < 4.78 is 41.3. The van der Waals surface area contributed by atoms with Crippen molar-refractivity contribution in [3.63, 3.8) is 0 Å². The molecule has 0 saturated carbocycles. The van der Waals surface area contributed by atoms with Gasteiger partial charge in [0.25, 0.3) is 0 Å². The van der Waals surface area contributed by atoms with Crippen molar-refractivity contribution < 1.29 is 17.5 Å². The Bertz CT molecular complexity index is 162. The molecule has 0 aliphatic rings. The molecule has 0 N–H and O–H groups in total. The first-order chi connectivity index (χ1) is 5.45. The van der Waals surface area contributed by atoms with E-state index in [1.807, 2.05) is 0 Å². The lowest BCUT2D eigenvalue weighted by Gasteiger charge is -2.18. The minimum absolute atomic E-state index is 0.394. The van der Waals surface area contributed by atoms with Gasteiger partial charge in [-0.25, -0.2) is 0 Å². The molecule has 0 fully saturated rings. The van der Waals surface area contributed by atoms with E-state index in [9.17, 15) is 17.5 Å². The topological polar surface area (TPSA) is 80.3 Å². The smallest absolute Gasteiger partial charge is 0.0187 e. The van der Waals surface area contributed by atoms with Crippen LogP contribution >= 0.6 is 0 Å². The van der Waals surface area contributed by atoms with E-state index in [1.54, 1.807) is 13.8 Å². The van der Waals surface area contributed by atoms with Gasteiger partial charge in [-0.3, -0.25) is 8.42 Å². The molecule has 0 aromatic heterocycles. The van der Waals surface area contributed by atoms with Gasteiger partial charge in [0.1, 0.15) is 0 Å². The van der Waals surface area contributed by atoms with Crippen LogP contribution in [0.2, 0.25) is 0 Å². The molecular formula is C6H12O4S2-2. The van der Waals surface area contributed by atoms with Gasteiger partial charge >= 0.3 is 0 Å². The molecule has 0 heterocycles. The van der Waals surface area contributed by atoms with Crippen LogP contribution in [-0.4, -0.2) is 28.0 Å². The molecular weight excluding hydrogens is 200 g/mol. The van der Waals surface area contributed by atoms with E-state index in [2.05, 4.69) is 0 Å². The fourth-order valence-corrected chi connectivity index (χ4v) is 1.32. The molecule has 0 bridgehead atoms. The minimum atomic E-state index is -2.09. The Morgan fingerprint density at radius 2 is 1.25 bits per heavy atom. The van der Waals surface area contributed by atoms with Gasteiger partial charge in [-0.05, 0) is 12.8 Å². The van der Waals surface area contributed by atoms with E-state index in [-0.39, 0.29) is 0 Å². The first-order valence-electron chi connectivity index (χ1n) is 3.61. The Morgan fingerprint density at radius 3 is 1.42 bits per heavy atom. The molecule has 74 valence electrons. The summed E-state index contributed by atoms with van der Waals surface area (Å²) in [6.07, 6.45) is 0.788. The molecule has 0 saturated heterocycles. The van der Waals surface area contributed by atoms with E-state index in [0.717, 1.165) is 0 Å². The number of hydrogen-bond donors (Lipinski definition) is 0. The second kappa shape index (κ2) is 5.80. The normalized spacial score (nSPS) is 21.3. The monoisotopic (exact) mass is 212 g/mol. The molecule has 4 nitrogen and oxygen atoms in total. The maximum Gasteiger partial charge on any atom is 0.0187 e. The summed E-state index contributed by atoms with van der Waals surface area (Å²) in [7, 11) is 0. The highest BCUT2D eigenvalue weighted by molar-refractivity contribution is 7.80. The highest BCUT2D eigenvalue weighted by atomic mass is 32.2. The third-order valence-corrected chi connectivity index (χ3v) is 3.42. The van der Waals surface area contributed by atoms with Crippen molar-refractivity contribution in [2.75, 3.05) is 0 Å². The van der Waals surface area contributed by atoms with Crippen molar-refractivity contribution >= 4 is 22.2 Å². The Kier molecular flexibility index (Phi) is 5.90. The van der Waals surface area contributed by atoms with E-state index >= 15 is 0 Å². The molecule has 12 heavy (non-hydrogen) atoms.